The second-order valence-electron chi connectivity index (χ2n) is 5.41. The van der Waals surface area contributed by atoms with Gasteiger partial charge < -0.3 is 5.32 Å². The lowest BCUT2D eigenvalue weighted by Crippen LogP contribution is -2.47. The van der Waals surface area contributed by atoms with Crippen LogP contribution in [0.15, 0.2) is 29.2 Å². The van der Waals surface area contributed by atoms with Crippen LogP contribution < -0.4 is 5.32 Å². The minimum atomic E-state index is -3.55. The number of nitrogens with zero attached hydrogens (tertiary/aromatic N) is 1. The van der Waals surface area contributed by atoms with Crippen LogP contribution >= 0.6 is 0 Å². The van der Waals surface area contributed by atoms with Gasteiger partial charge in [-0.15, -0.1) is 0 Å². The molecule has 5 nitrogen and oxygen atoms in total. The molecule has 1 unspecified atom stereocenters. The van der Waals surface area contributed by atoms with E-state index in [-0.39, 0.29) is 16.7 Å². The van der Waals surface area contributed by atoms with Crippen LogP contribution in [0.1, 0.15) is 36.5 Å². The van der Waals surface area contributed by atoms with Crippen molar-refractivity contribution in [1.82, 2.24) is 9.62 Å². The molecule has 0 radical (unpaired) electrons. The first kappa shape index (κ1) is 16.1. The van der Waals surface area contributed by atoms with E-state index >= 15 is 0 Å². The van der Waals surface area contributed by atoms with Crippen molar-refractivity contribution in [2.45, 2.75) is 37.1 Å². The Balaban J connectivity index is 2.35. The summed E-state index contributed by atoms with van der Waals surface area (Å²) in [6.45, 7) is 2.63. The van der Waals surface area contributed by atoms with Crippen molar-refractivity contribution in [2.24, 2.45) is 0 Å². The molecule has 0 saturated carbocycles. The molecular formula is C15H22N2O3S. The SMILES string of the molecule is CNCC1CCCCN1S(=O)(=O)c1cccc(C(C)=O)c1. The number of carbonyl (C=O) groups is 1. The largest absolute Gasteiger partial charge is 0.318 e. The zero-order valence-corrected chi connectivity index (χ0v) is 13.3. The first-order valence-electron chi connectivity index (χ1n) is 7.24. The molecule has 116 valence electrons. The summed E-state index contributed by atoms with van der Waals surface area (Å²) in [7, 11) is -1.72. The molecule has 1 aromatic carbocycles. The van der Waals surface area contributed by atoms with Gasteiger partial charge in [-0.1, -0.05) is 18.6 Å². The van der Waals surface area contributed by atoms with Crippen molar-refractivity contribution < 1.29 is 13.2 Å². The lowest BCUT2D eigenvalue weighted by atomic mass is 10.1. The van der Waals surface area contributed by atoms with E-state index in [1.165, 1.54) is 13.0 Å². The predicted octanol–water partition coefficient (Wildman–Crippen LogP) is 1.65. The lowest BCUT2D eigenvalue weighted by molar-refractivity contribution is 0.101. The van der Waals surface area contributed by atoms with Crippen molar-refractivity contribution in [1.29, 1.82) is 0 Å². The Morgan fingerprint density at radius 2 is 2.14 bits per heavy atom. The summed E-state index contributed by atoms with van der Waals surface area (Å²) in [6.07, 6.45) is 2.80. The fourth-order valence-corrected chi connectivity index (χ4v) is 4.48. The Bertz CT molecular complexity index is 611. The van der Waals surface area contributed by atoms with Crippen molar-refractivity contribution >= 4 is 15.8 Å². The number of hydrogen-bond acceptors (Lipinski definition) is 4. The Morgan fingerprint density at radius 1 is 1.38 bits per heavy atom. The fourth-order valence-electron chi connectivity index (χ4n) is 2.74. The Hall–Kier alpha value is -1.24. The number of likely N-dealkylation sites (N-methyl/N-ethyl adjacent to an activating group) is 1. The first-order chi connectivity index (χ1) is 9.96. The van der Waals surface area contributed by atoms with Gasteiger partial charge in [-0.2, -0.15) is 4.31 Å². The molecule has 6 heteroatoms. The molecule has 21 heavy (non-hydrogen) atoms. The van der Waals surface area contributed by atoms with Gasteiger partial charge in [-0.25, -0.2) is 8.42 Å². The van der Waals surface area contributed by atoms with Crippen LogP contribution in [0.5, 0.6) is 0 Å². The van der Waals surface area contributed by atoms with Gasteiger partial charge in [0.25, 0.3) is 0 Å². The molecule has 1 aliphatic heterocycles. The summed E-state index contributed by atoms with van der Waals surface area (Å²) in [6, 6.07) is 6.29. The van der Waals surface area contributed by atoms with Crippen molar-refractivity contribution in [3.8, 4) is 0 Å². The summed E-state index contributed by atoms with van der Waals surface area (Å²) in [4.78, 5) is 11.7. The Kier molecular flexibility index (Phi) is 5.13. The second kappa shape index (κ2) is 6.68. The molecule has 1 fully saturated rings. The van der Waals surface area contributed by atoms with Gasteiger partial charge in [0, 0.05) is 24.7 Å². The first-order valence-corrected chi connectivity index (χ1v) is 8.68. The third kappa shape index (κ3) is 3.51. The molecule has 1 N–H and O–H groups in total. The second-order valence-corrected chi connectivity index (χ2v) is 7.30. The van der Waals surface area contributed by atoms with Gasteiger partial charge in [0.2, 0.25) is 10.0 Å². The number of carbonyl (C=O) groups excluding carboxylic acids is 1. The molecule has 1 atom stereocenters. The Labute approximate surface area is 126 Å². The quantitative estimate of drug-likeness (QED) is 0.840. The topological polar surface area (TPSA) is 66.5 Å². The smallest absolute Gasteiger partial charge is 0.243 e. The Morgan fingerprint density at radius 3 is 2.81 bits per heavy atom. The van der Waals surface area contributed by atoms with Crippen LogP contribution in [0, 0.1) is 0 Å². The molecule has 0 aliphatic carbocycles. The van der Waals surface area contributed by atoms with E-state index in [9.17, 15) is 13.2 Å². The van der Waals surface area contributed by atoms with E-state index in [4.69, 9.17) is 0 Å². The van der Waals surface area contributed by atoms with E-state index in [0.717, 1.165) is 19.3 Å². The van der Waals surface area contributed by atoms with Crippen molar-refractivity contribution in [3.63, 3.8) is 0 Å². The molecule has 1 aromatic rings. The van der Waals surface area contributed by atoms with Crippen LogP contribution in [0.4, 0.5) is 0 Å². The summed E-state index contributed by atoms with van der Waals surface area (Å²) in [5.41, 5.74) is 0.429. The lowest BCUT2D eigenvalue weighted by Gasteiger charge is -2.34. The van der Waals surface area contributed by atoms with Gasteiger partial charge in [-0.3, -0.25) is 4.79 Å². The highest BCUT2D eigenvalue weighted by molar-refractivity contribution is 7.89. The van der Waals surface area contributed by atoms with Gasteiger partial charge in [0.05, 0.1) is 4.90 Å². The number of benzene rings is 1. The minimum absolute atomic E-state index is 0.0188. The van der Waals surface area contributed by atoms with Gasteiger partial charge >= 0.3 is 0 Å². The molecule has 1 heterocycles. The summed E-state index contributed by atoms with van der Waals surface area (Å²) in [5.74, 6) is -0.127. The third-order valence-corrected chi connectivity index (χ3v) is 5.81. The molecule has 1 aliphatic rings. The average Bonchev–Trinajstić information content (AvgIpc) is 2.48. The zero-order chi connectivity index (χ0) is 15.5. The standard InChI is InChI=1S/C15H22N2O3S/c1-12(18)13-6-5-8-15(10-13)21(19,20)17-9-4-3-7-14(17)11-16-2/h5-6,8,10,14,16H,3-4,7,9,11H2,1-2H3. The van der Waals surface area contributed by atoms with E-state index in [1.54, 1.807) is 22.5 Å². The molecule has 0 amide bonds. The van der Waals surface area contributed by atoms with E-state index in [1.807, 2.05) is 7.05 Å². The van der Waals surface area contributed by atoms with Crippen LogP contribution in [0.2, 0.25) is 0 Å². The highest BCUT2D eigenvalue weighted by atomic mass is 32.2. The highest BCUT2D eigenvalue weighted by Gasteiger charge is 2.33. The maximum atomic E-state index is 12.8. The number of Topliss-reactive ketones (excluding diaryl/α,β-unsaturated/α-hetero) is 1. The third-order valence-electron chi connectivity index (χ3n) is 3.86. The average molecular weight is 310 g/mol. The monoisotopic (exact) mass is 310 g/mol. The van der Waals surface area contributed by atoms with Crippen molar-refractivity contribution in [2.75, 3.05) is 20.1 Å². The highest BCUT2D eigenvalue weighted by Crippen LogP contribution is 2.25. The number of ketones is 1. The number of nitrogens with one attached hydrogen (secondary N) is 1. The number of hydrogen-bond donors (Lipinski definition) is 1. The predicted molar refractivity (Wildman–Crippen MR) is 81.9 cm³/mol. The van der Waals surface area contributed by atoms with Gasteiger partial charge in [0.15, 0.2) is 5.78 Å². The summed E-state index contributed by atoms with van der Waals surface area (Å²) in [5, 5.41) is 3.06. The minimum Gasteiger partial charge on any atom is -0.318 e. The molecule has 0 aromatic heterocycles. The molecule has 0 bridgehead atoms. The summed E-state index contributed by atoms with van der Waals surface area (Å²) >= 11 is 0. The van der Waals surface area contributed by atoms with E-state index in [2.05, 4.69) is 5.32 Å². The normalized spacial score (nSPS) is 20.4. The van der Waals surface area contributed by atoms with Crippen molar-refractivity contribution in [3.05, 3.63) is 29.8 Å². The maximum Gasteiger partial charge on any atom is 0.243 e. The number of piperidine rings is 1. The number of sulfonamides is 1. The molecule has 2 rings (SSSR count). The van der Waals surface area contributed by atoms with E-state index in [0.29, 0.717) is 18.7 Å². The fraction of sp³-hybridized carbons (Fsp3) is 0.533. The molecule has 0 spiro atoms. The molecular weight excluding hydrogens is 288 g/mol. The molecule has 1 saturated heterocycles. The maximum absolute atomic E-state index is 12.8. The number of rotatable bonds is 5. The van der Waals surface area contributed by atoms with Crippen LogP contribution in [0.3, 0.4) is 0 Å². The van der Waals surface area contributed by atoms with Crippen LogP contribution in [-0.2, 0) is 10.0 Å². The van der Waals surface area contributed by atoms with Crippen LogP contribution in [-0.4, -0.2) is 44.7 Å². The van der Waals surface area contributed by atoms with Gasteiger partial charge in [-0.05, 0) is 38.9 Å². The van der Waals surface area contributed by atoms with Gasteiger partial charge in [0.1, 0.15) is 0 Å². The summed E-state index contributed by atoms with van der Waals surface area (Å²) < 4.78 is 27.2. The van der Waals surface area contributed by atoms with E-state index < -0.39 is 10.0 Å². The van der Waals surface area contributed by atoms with Crippen LogP contribution in [0.25, 0.3) is 0 Å². The zero-order valence-electron chi connectivity index (χ0n) is 12.5.